The third-order valence-corrected chi connectivity index (χ3v) is 4.79. The van der Waals surface area contributed by atoms with Crippen molar-refractivity contribution in [3.8, 4) is 0 Å². The molecule has 17 heavy (non-hydrogen) atoms. The van der Waals surface area contributed by atoms with Crippen LogP contribution in [-0.2, 0) is 6.54 Å². The van der Waals surface area contributed by atoms with Gasteiger partial charge in [-0.1, -0.05) is 0 Å². The van der Waals surface area contributed by atoms with Gasteiger partial charge in [-0.15, -0.1) is 22.7 Å². The summed E-state index contributed by atoms with van der Waals surface area (Å²) < 4.78 is 1.35. The Morgan fingerprint density at radius 1 is 1.06 bits per heavy atom. The molecule has 0 spiro atoms. The summed E-state index contributed by atoms with van der Waals surface area (Å²) in [6.45, 7) is 3.08. The fraction of sp³-hybridized carbons (Fsp3) is 0.143. The normalized spacial score (nSPS) is 10.9. The maximum atomic E-state index is 3.48. The van der Waals surface area contributed by atoms with E-state index in [4.69, 9.17) is 0 Å². The minimum absolute atomic E-state index is 0.916. The fourth-order valence-electron chi connectivity index (χ4n) is 1.84. The van der Waals surface area contributed by atoms with Crippen molar-refractivity contribution >= 4 is 38.4 Å². The van der Waals surface area contributed by atoms with Gasteiger partial charge in [0, 0.05) is 21.8 Å². The van der Waals surface area contributed by atoms with Gasteiger partial charge in [0.25, 0.3) is 0 Å². The zero-order valence-electron chi connectivity index (χ0n) is 9.57. The Kier molecular flexibility index (Phi) is 2.87. The van der Waals surface area contributed by atoms with Crippen LogP contribution in [0.4, 0.5) is 5.69 Å². The Labute approximate surface area is 109 Å². The molecule has 1 N–H and O–H groups in total. The van der Waals surface area contributed by atoms with Gasteiger partial charge in [-0.25, -0.2) is 0 Å². The second-order valence-corrected chi connectivity index (χ2v) is 6.00. The van der Waals surface area contributed by atoms with Crippen LogP contribution in [0, 0.1) is 6.92 Å². The van der Waals surface area contributed by atoms with E-state index in [2.05, 4.69) is 53.3 Å². The smallest absolute Gasteiger partial charge is 0.0496 e. The van der Waals surface area contributed by atoms with Gasteiger partial charge < -0.3 is 5.32 Å². The summed E-state index contributed by atoms with van der Waals surface area (Å²) in [5.74, 6) is 0. The highest BCUT2D eigenvalue weighted by atomic mass is 32.1. The van der Waals surface area contributed by atoms with E-state index < -0.39 is 0 Å². The van der Waals surface area contributed by atoms with Gasteiger partial charge >= 0.3 is 0 Å². The molecular weight excluding hydrogens is 246 g/mol. The molecule has 1 nitrogen and oxygen atoms in total. The average molecular weight is 259 g/mol. The number of benzene rings is 1. The van der Waals surface area contributed by atoms with E-state index in [9.17, 15) is 0 Å². The molecule has 0 unspecified atom stereocenters. The quantitative estimate of drug-likeness (QED) is 0.706. The maximum Gasteiger partial charge on any atom is 0.0496 e. The number of rotatable bonds is 3. The second kappa shape index (κ2) is 4.51. The van der Waals surface area contributed by atoms with Crippen LogP contribution >= 0.6 is 22.7 Å². The summed E-state index contributed by atoms with van der Waals surface area (Å²) in [6, 6.07) is 10.9. The molecule has 0 aliphatic rings. The van der Waals surface area contributed by atoms with Crippen molar-refractivity contribution in [2.45, 2.75) is 13.5 Å². The molecule has 1 aromatic carbocycles. The molecule has 0 amide bonds. The molecule has 2 aromatic heterocycles. The number of anilines is 1. The van der Waals surface area contributed by atoms with E-state index in [0.29, 0.717) is 0 Å². The van der Waals surface area contributed by atoms with Crippen LogP contribution in [0.5, 0.6) is 0 Å². The molecule has 0 fully saturated rings. The fourth-order valence-corrected chi connectivity index (χ4v) is 3.46. The van der Waals surface area contributed by atoms with Crippen LogP contribution < -0.4 is 5.32 Å². The van der Waals surface area contributed by atoms with Crippen LogP contribution in [0.3, 0.4) is 0 Å². The van der Waals surface area contributed by atoms with Gasteiger partial charge in [-0.2, -0.15) is 0 Å². The maximum absolute atomic E-state index is 3.48. The lowest BCUT2D eigenvalue weighted by Crippen LogP contribution is -1.98. The minimum atomic E-state index is 0.916. The predicted molar refractivity (Wildman–Crippen MR) is 78.2 cm³/mol. The highest BCUT2D eigenvalue weighted by Gasteiger charge is 2.01. The summed E-state index contributed by atoms with van der Waals surface area (Å²) in [6.07, 6.45) is 0. The van der Waals surface area contributed by atoms with E-state index in [0.717, 1.165) is 6.54 Å². The molecule has 0 bridgehead atoms. The molecule has 3 heteroatoms. The summed E-state index contributed by atoms with van der Waals surface area (Å²) in [5.41, 5.74) is 2.57. The summed E-state index contributed by atoms with van der Waals surface area (Å²) in [5, 5.41) is 9.09. The van der Waals surface area contributed by atoms with Crippen molar-refractivity contribution in [3.05, 3.63) is 51.5 Å². The Balaban J connectivity index is 1.78. The molecule has 2 heterocycles. The van der Waals surface area contributed by atoms with Gasteiger partial charge in [-0.3, -0.25) is 0 Å². The molecule has 3 rings (SSSR count). The van der Waals surface area contributed by atoms with Crippen LogP contribution in [-0.4, -0.2) is 0 Å². The molecular formula is C14H13NS2. The SMILES string of the molecule is Cc1ccsc1CNc1ccc2sccc2c1. The van der Waals surface area contributed by atoms with Crippen molar-refractivity contribution in [2.24, 2.45) is 0 Å². The Morgan fingerprint density at radius 3 is 2.76 bits per heavy atom. The van der Waals surface area contributed by atoms with Crippen LogP contribution in [0.25, 0.3) is 10.1 Å². The Bertz CT molecular complexity index is 636. The molecule has 0 aliphatic heterocycles. The van der Waals surface area contributed by atoms with E-state index in [1.807, 2.05) is 11.3 Å². The van der Waals surface area contributed by atoms with Crippen LogP contribution in [0.1, 0.15) is 10.4 Å². The molecule has 0 saturated carbocycles. The van der Waals surface area contributed by atoms with Gasteiger partial charge in [0.1, 0.15) is 0 Å². The number of aryl methyl sites for hydroxylation is 1. The highest BCUT2D eigenvalue weighted by Crippen LogP contribution is 2.25. The zero-order valence-corrected chi connectivity index (χ0v) is 11.2. The minimum Gasteiger partial charge on any atom is -0.380 e. The molecule has 3 aromatic rings. The van der Waals surface area contributed by atoms with Crippen molar-refractivity contribution in [1.29, 1.82) is 0 Å². The van der Waals surface area contributed by atoms with Crippen LogP contribution in [0.15, 0.2) is 41.1 Å². The van der Waals surface area contributed by atoms with Crippen molar-refractivity contribution in [3.63, 3.8) is 0 Å². The second-order valence-electron chi connectivity index (χ2n) is 4.05. The van der Waals surface area contributed by atoms with Crippen molar-refractivity contribution < 1.29 is 0 Å². The Hall–Kier alpha value is -1.32. The van der Waals surface area contributed by atoms with Gasteiger partial charge in [0.2, 0.25) is 0 Å². The lowest BCUT2D eigenvalue weighted by Gasteiger charge is -2.05. The molecule has 0 aliphatic carbocycles. The summed E-state index contributed by atoms with van der Waals surface area (Å²) >= 11 is 3.60. The first-order valence-electron chi connectivity index (χ1n) is 5.57. The summed E-state index contributed by atoms with van der Waals surface area (Å²) in [4.78, 5) is 1.41. The molecule has 0 saturated heterocycles. The van der Waals surface area contributed by atoms with E-state index in [-0.39, 0.29) is 0 Å². The first-order chi connectivity index (χ1) is 8.33. The zero-order chi connectivity index (χ0) is 11.7. The third kappa shape index (κ3) is 2.21. The van der Waals surface area contributed by atoms with Gasteiger partial charge in [0.15, 0.2) is 0 Å². The van der Waals surface area contributed by atoms with E-state index in [1.165, 1.54) is 26.2 Å². The van der Waals surface area contributed by atoms with Crippen molar-refractivity contribution in [2.75, 3.05) is 5.32 Å². The number of nitrogens with one attached hydrogen (secondary N) is 1. The first kappa shape index (κ1) is 10.8. The predicted octanol–water partition coefficient (Wildman–Crippen LogP) is 4.88. The molecule has 0 atom stereocenters. The lowest BCUT2D eigenvalue weighted by molar-refractivity contribution is 1.17. The van der Waals surface area contributed by atoms with Gasteiger partial charge in [-0.05, 0) is 59.0 Å². The number of hydrogen-bond donors (Lipinski definition) is 1. The molecule has 86 valence electrons. The largest absolute Gasteiger partial charge is 0.380 e. The van der Waals surface area contributed by atoms with Crippen LogP contribution in [0.2, 0.25) is 0 Å². The average Bonchev–Trinajstić information content (AvgIpc) is 2.94. The Morgan fingerprint density at radius 2 is 1.94 bits per heavy atom. The van der Waals surface area contributed by atoms with E-state index >= 15 is 0 Å². The topological polar surface area (TPSA) is 12.0 Å². The summed E-state index contributed by atoms with van der Waals surface area (Å²) in [7, 11) is 0. The standard InChI is InChI=1S/C14H13NS2/c1-10-4-6-17-14(10)9-15-12-2-3-13-11(8-12)5-7-16-13/h2-8,15H,9H2,1H3. The molecule has 0 radical (unpaired) electrons. The number of fused-ring (bicyclic) bond motifs is 1. The third-order valence-electron chi connectivity index (χ3n) is 2.87. The van der Waals surface area contributed by atoms with Gasteiger partial charge in [0.05, 0.1) is 0 Å². The van der Waals surface area contributed by atoms with Crippen molar-refractivity contribution in [1.82, 2.24) is 0 Å². The van der Waals surface area contributed by atoms with E-state index in [1.54, 1.807) is 11.3 Å². The monoisotopic (exact) mass is 259 g/mol. The number of thiophene rings is 2. The number of hydrogen-bond acceptors (Lipinski definition) is 3. The highest BCUT2D eigenvalue weighted by molar-refractivity contribution is 7.17. The first-order valence-corrected chi connectivity index (χ1v) is 7.33. The lowest BCUT2D eigenvalue weighted by atomic mass is 10.2.